The molecule has 2 aromatic rings. The molecule has 0 radical (unpaired) electrons. The van der Waals surface area contributed by atoms with E-state index in [4.69, 9.17) is 23.8 Å². The van der Waals surface area contributed by atoms with E-state index in [1.807, 2.05) is 42.5 Å². The molecule has 1 amide bonds. The van der Waals surface area contributed by atoms with E-state index in [9.17, 15) is 4.79 Å². The molecule has 2 heterocycles. The van der Waals surface area contributed by atoms with Crippen LogP contribution in [0, 0.1) is 0 Å². The zero-order valence-electron chi connectivity index (χ0n) is 10.1. The zero-order valence-corrected chi connectivity index (χ0v) is 13.3. The minimum atomic E-state index is -0.132. The second kappa shape index (κ2) is 5.69. The van der Waals surface area contributed by atoms with E-state index in [1.165, 1.54) is 11.8 Å². The van der Waals surface area contributed by atoms with Gasteiger partial charge < -0.3 is 5.32 Å². The Bertz CT molecular complexity index is 736. The van der Waals surface area contributed by atoms with Crippen molar-refractivity contribution in [3.05, 3.63) is 51.2 Å². The Morgan fingerprint density at radius 1 is 1.20 bits per heavy atom. The summed E-state index contributed by atoms with van der Waals surface area (Å²) in [5.74, 6) is -0.132. The summed E-state index contributed by atoms with van der Waals surface area (Å²) in [4.78, 5) is 14.3. The number of nitrogens with one attached hydrogen (secondary N) is 1. The van der Waals surface area contributed by atoms with Crippen LogP contribution in [0.25, 0.3) is 16.5 Å². The number of hydrogen-bond acceptors (Lipinski definition) is 4. The molecule has 0 aliphatic carbocycles. The van der Waals surface area contributed by atoms with E-state index in [0.29, 0.717) is 9.23 Å². The quantitative estimate of drug-likeness (QED) is 0.643. The maximum absolute atomic E-state index is 11.6. The van der Waals surface area contributed by atoms with Gasteiger partial charge >= 0.3 is 0 Å². The van der Waals surface area contributed by atoms with Gasteiger partial charge in [-0.1, -0.05) is 53.8 Å². The van der Waals surface area contributed by atoms with Gasteiger partial charge in [-0.15, -0.1) is 11.3 Å². The van der Waals surface area contributed by atoms with Crippen molar-refractivity contribution in [1.82, 2.24) is 5.32 Å². The number of hydrogen-bond donors (Lipinski definition) is 1. The van der Waals surface area contributed by atoms with Gasteiger partial charge in [0.2, 0.25) is 0 Å². The number of halogens is 1. The molecule has 6 heteroatoms. The summed E-state index contributed by atoms with van der Waals surface area (Å²) in [5, 5.41) is 3.33. The van der Waals surface area contributed by atoms with E-state index in [2.05, 4.69) is 5.32 Å². The van der Waals surface area contributed by atoms with Crippen molar-refractivity contribution < 1.29 is 4.79 Å². The first-order valence-electron chi connectivity index (χ1n) is 5.73. The Balaban J connectivity index is 1.92. The summed E-state index contributed by atoms with van der Waals surface area (Å²) in [5.41, 5.74) is 1.00. The van der Waals surface area contributed by atoms with Crippen LogP contribution in [0.1, 0.15) is 4.88 Å². The summed E-state index contributed by atoms with van der Waals surface area (Å²) in [6.07, 6.45) is 1.85. The Morgan fingerprint density at radius 3 is 2.70 bits per heavy atom. The standard InChI is InChI=1S/C14H8ClNOS3/c15-10-4-2-1-3-9(10)11-6-5-8(19-11)7-12-13(17)16-14(18)20-12/h1-7H,(H,16,17,18)/b12-7-. The second-order valence-corrected chi connectivity index (χ2v) is 7.28. The fourth-order valence-electron chi connectivity index (χ4n) is 1.79. The minimum absolute atomic E-state index is 0.132. The topological polar surface area (TPSA) is 29.1 Å². The third kappa shape index (κ3) is 2.81. The van der Waals surface area contributed by atoms with Crippen molar-refractivity contribution in [2.24, 2.45) is 0 Å². The number of rotatable bonds is 2. The fraction of sp³-hybridized carbons (Fsp3) is 0. The molecular weight excluding hydrogens is 330 g/mol. The van der Waals surface area contributed by atoms with Gasteiger partial charge in [-0.25, -0.2) is 0 Å². The van der Waals surface area contributed by atoms with Gasteiger partial charge in [-0.3, -0.25) is 4.79 Å². The summed E-state index contributed by atoms with van der Waals surface area (Å²) < 4.78 is 0.504. The van der Waals surface area contributed by atoms with Crippen LogP contribution in [0.15, 0.2) is 41.3 Å². The van der Waals surface area contributed by atoms with E-state index in [0.717, 1.165) is 20.3 Å². The maximum Gasteiger partial charge on any atom is 0.263 e. The monoisotopic (exact) mass is 337 g/mol. The number of thiophene rings is 1. The molecule has 1 N–H and O–H groups in total. The van der Waals surface area contributed by atoms with Gasteiger partial charge in [0.15, 0.2) is 0 Å². The van der Waals surface area contributed by atoms with Crippen LogP contribution in [0.3, 0.4) is 0 Å². The Morgan fingerprint density at radius 2 is 2.00 bits per heavy atom. The lowest BCUT2D eigenvalue weighted by Crippen LogP contribution is -2.17. The third-order valence-electron chi connectivity index (χ3n) is 2.68. The predicted molar refractivity (Wildman–Crippen MR) is 91.1 cm³/mol. The van der Waals surface area contributed by atoms with Crippen molar-refractivity contribution in [3.63, 3.8) is 0 Å². The number of thioether (sulfide) groups is 1. The molecule has 3 rings (SSSR count). The summed E-state index contributed by atoms with van der Waals surface area (Å²) in [7, 11) is 0. The zero-order chi connectivity index (χ0) is 14.1. The van der Waals surface area contributed by atoms with E-state index >= 15 is 0 Å². The lowest BCUT2D eigenvalue weighted by atomic mass is 10.2. The van der Waals surface area contributed by atoms with Gasteiger partial charge in [0.05, 0.1) is 4.91 Å². The molecule has 1 aliphatic rings. The van der Waals surface area contributed by atoms with Crippen LogP contribution in [0.5, 0.6) is 0 Å². The molecule has 1 aromatic carbocycles. The lowest BCUT2D eigenvalue weighted by Gasteiger charge is -1.99. The number of thiocarbonyl (C=S) groups is 1. The molecule has 1 aromatic heterocycles. The van der Waals surface area contributed by atoms with Crippen molar-refractivity contribution in [2.45, 2.75) is 0 Å². The van der Waals surface area contributed by atoms with Crippen LogP contribution in [-0.4, -0.2) is 10.2 Å². The summed E-state index contributed by atoms with van der Waals surface area (Å²) >= 11 is 14.0. The number of carbonyl (C=O) groups excluding carboxylic acids is 1. The molecular formula is C14H8ClNOS3. The third-order valence-corrected chi connectivity index (χ3v) is 5.24. The van der Waals surface area contributed by atoms with Crippen LogP contribution in [0.4, 0.5) is 0 Å². The predicted octanol–water partition coefficient (Wildman–Crippen LogP) is 4.56. The van der Waals surface area contributed by atoms with E-state index < -0.39 is 0 Å². The van der Waals surface area contributed by atoms with Gasteiger partial charge in [-0.2, -0.15) is 0 Å². The minimum Gasteiger partial charge on any atom is -0.307 e. The van der Waals surface area contributed by atoms with Gasteiger partial charge in [0.1, 0.15) is 4.32 Å². The normalized spacial score (nSPS) is 16.8. The first-order valence-corrected chi connectivity index (χ1v) is 8.15. The van der Waals surface area contributed by atoms with Crippen molar-refractivity contribution in [3.8, 4) is 10.4 Å². The molecule has 1 aliphatic heterocycles. The van der Waals surface area contributed by atoms with Crippen LogP contribution < -0.4 is 5.32 Å². The Kier molecular flexibility index (Phi) is 3.94. The first-order chi connectivity index (χ1) is 9.63. The average Bonchev–Trinajstić information content (AvgIpc) is 2.98. The highest BCUT2D eigenvalue weighted by molar-refractivity contribution is 8.26. The highest BCUT2D eigenvalue weighted by Gasteiger charge is 2.22. The molecule has 100 valence electrons. The molecule has 0 unspecified atom stereocenters. The summed E-state index contributed by atoms with van der Waals surface area (Å²) in [6, 6.07) is 11.7. The molecule has 1 saturated heterocycles. The molecule has 2 nitrogen and oxygen atoms in total. The average molecular weight is 338 g/mol. The smallest absolute Gasteiger partial charge is 0.263 e. The highest BCUT2D eigenvalue weighted by Crippen LogP contribution is 2.35. The van der Waals surface area contributed by atoms with Crippen LogP contribution in [0.2, 0.25) is 5.02 Å². The van der Waals surface area contributed by atoms with E-state index in [-0.39, 0.29) is 5.91 Å². The number of carbonyl (C=O) groups is 1. The summed E-state index contributed by atoms with van der Waals surface area (Å²) in [6.45, 7) is 0. The van der Waals surface area contributed by atoms with Crippen LogP contribution >= 0.6 is 46.9 Å². The highest BCUT2D eigenvalue weighted by atomic mass is 35.5. The second-order valence-electron chi connectivity index (χ2n) is 4.03. The van der Waals surface area contributed by atoms with Crippen LogP contribution in [-0.2, 0) is 4.79 Å². The molecule has 0 spiro atoms. The van der Waals surface area contributed by atoms with Crippen molar-refractivity contribution in [1.29, 1.82) is 0 Å². The first kappa shape index (κ1) is 13.8. The molecule has 0 saturated carbocycles. The largest absolute Gasteiger partial charge is 0.307 e. The Hall–Kier alpha value is -1.14. The number of amides is 1. The maximum atomic E-state index is 11.6. The van der Waals surface area contributed by atoms with Gasteiger partial charge in [0, 0.05) is 20.3 Å². The Labute approximate surface area is 134 Å². The SMILES string of the molecule is O=C1NC(=S)S/C1=C\c1ccc(-c2ccccc2Cl)s1. The number of benzene rings is 1. The molecule has 20 heavy (non-hydrogen) atoms. The van der Waals surface area contributed by atoms with Gasteiger partial charge in [0.25, 0.3) is 5.91 Å². The lowest BCUT2D eigenvalue weighted by molar-refractivity contribution is -0.115. The molecule has 1 fully saturated rings. The fourth-order valence-corrected chi connectivity index (χ4v) is 4.18. The van der Waals surface area contributed by atoms with Crippen molar-refractivity contribution >= 4 is 63.2 Å². The van der Waals surface area contributed by atoms with Crippen molar-refractivity contribution in [2.75, 3.05) is 0 Å². The molecule has 0 bridgehead atoms. The van der Waals surface area contributed by atoms with E-state index in [1.54, 1.807) is 11.3 Å². The van der Waals surface area contributed by atoms with Gasteiger partial charge in [-0.05, 0) is 24.3 Å². The molecule has 0 atom stereocenters.